The summed E-state index contributed by atoms with van der Waals surface area (Å²) in [4.78, 5) is 18.6. The molecular formula is C20H17FN2O. The third-order valence-corrected chi connectivity index (χ3v) is 3.79. The Balaban J connectivity index is 1.92. The second kappa shape index (κ2) is 7.04. The van der Waals surface area contributed by atoms with Gasteiger partial charge in [0.2, 0.25) is 0 Å². The SMILES string of the molecule is CCN(C(=O)c1cncc(-c2ccccc2)c1)c1ccc(F)cc1. The van der Waals surface area contributed by atoms with Crippen LogP contribution in [-0.4, -0.2) is 17.4 Å². The first-order valence-corrected chi connectivity index (χ1v) is 7.77. The first kappa shape index (κ1) is 15.9. The number of benzene rings is 2. The molecule has 24 heavy (non-hydrogen) atoms. The number of rotatable bonds is 4. The summed E-state index contributed by atoms with van der Waals surface area (Å²) >= 11 is 0. The van der Waals surface area contributed by atoms with Crippen LogP contribution in [0.1, 0.15) is 17.3 Å². The van der Waals surface area contributed by atoms with Crippen molar-refractivity contribution < 1.29 is 9.18 Å². The van der Waals surface area contributed by atoms with Gasteiger partial charge < -0.3 is 4.90 Å². The highest BCUT2D eigenvalue weighted by molar-refractivity contribution is 6.06. The Morgan fingerprint density at radius 2 is 1.71 bits per heavy atom. The summed E-state index contributed by atoms with van der Waals surface area (Å²) in [7, 11) is 0. The van der Waals surface area contributed by atoms with Crippen molar-refractivity contribution in [2.24, 2.45) is 0 Å². The molecule has 1 amide bonds. The van der Waals surface area contributed by atoms with Crippen molar-refractivity contribution in [2.45, 2.75) is 6.92 Å². The topological polar surface area (TPSA) is 33.2 Å². The molecule has 120 valence electrons. The second-order valence-corrected chi connectivity index (χ2v) is 5.35. The van der Waals surface area contributed by atoms with E-state index >= 15 is 0 Å². The van der Waals surface area contributed by atoms with E-state index in [-0.39, 0.29) is 11.7 Å². The molecule has 3 nitrogen and oxygen atoms in total. The number of carbonyl (C=O) groups excluding carboxylic acids is 1. The lowest BCUT2D eigenvalue weighted by atomic mass is 10.1. The number of nitrogens with zero attached hydrogens (tertiary/aromatic N) is 2. The van der Waals surface area contributed by atoms with E-state index in [4.69, 9.17) is 0 Å². The molecule has 0 fully saturated rings. The number of hydrogen-bond acceptors (Lipinski definition) is 2. The monoisotopic (exact) mass is 320 g/mol. The number of hydrogen-bond donors (Lipinski definition) is 0. The van der Waals surface area contributed by atoms with Crippen molar-refractivity contribution in [1.82, 2.24) is 4.98 Å². The normalized spacial score (nSPS) is 10.4. The number of amides is 1. The highest BCUT2D eigenvalue weighted by atomic mass is 19.1. The predicted octanol–water partition coefficient (Wildman–Crippen LogP) is 4.55. The average Bonchev–Trinajstić information content (AvgIpc) is 2.64. The highest BCUT2D eigenvalue weighted by Crippen LogP contribution is 2.22. The van der Waals surface area contributed by atoms with Crippen LogP contribution in [0.3, 0.4) is 0 Å². The quantitative estimate of drug-likeness (QED) is 0.706. The van der Waals surface area contributed by atoms with Gasteiger partial charge in [0.25, 0.3) is 5.91 Å². The van der Waals surface area contributed by atoms with Gasteiger partial charge in [0.05, 0.1) is 5.56 Å². The lowest BCUT2D eigenvalue weighted by Gasteiger charge is -2.21. The van der Waals surface area contributed by atoms with Gasteiger partial charge >= 0.3 is 0 Å². The van der Waals surface area contributed by atoms with Gasteiger partial charge in [-0.3, -0.25) is 9.78 Å². The summed E-state index contributed by atoms with van der Waals surface area (Å²) < 4.78 is 13.1. The minimum absolute atomic E-state index is 0.158. The van der Waals surface area contributed by atoms with E-state index in [1.165, 1.54) is 12.1 Å². The Labute approximate surface area is 140 Å². The van der Waals surface area contributed by atoms with E-state index in [1.807, 2.05) is 43.3 Å². The summed E-state index contributed by atoms with van der Waals surface area (Å²) in [6.07, 6.45) is 3.29. The van der Waals surface area contributed by atoms with Crippen LogP contribution in [0.5, 0.6) is 0 Å². The van der Waals surface area contributed by atoms with Gasteiger partial charge in [-0.15, -0.1) is 0 Å². The molecule has 0 aliphatic rings. The van der Waals surface area contributed by atoms with Gasteiger partial charge in [-0.2, -0.15) is 0 Å². The lowest BCUT2D eigenvalue weighted by molar-refractivity contribution is 0.0988. The average molecular weight is 320 g/mol. The van der Waals surface area contributed by atoms with E-state index in [2.05, 4.69) is 4.98 Å². The first-order chi connectivity index (χ1) is 11.7. The fraction of sp³-hybridized carbons (Fsp3) is 0.100. The fourth-order valence-corrected chi connectivity index (χ4v) is 2.57. The van der Waals surface area contributed by atoms with Crippen molar-refractivity contribution in [2.75, 3.05) is 11.4 Å². The molecule has 2 aromatic carbocycles. The molecule has 0 atom stereocenters. The Hall–Kier alpha value is -3.01. The number of halogens is 1. The van der Waals surface area contributed by atoms with Crippen LogP contribution in [0, 0.1) is 5.82 Å². The van der Waals surface area contributed by atoms with Crippen molar-refractivity contribution in [3.63, 3.8) is 0 Å². The van der Waals surface area contributed by atoms with E-state index in [0.29, 0.717) is 17.8 Å². The van der Waals surface area contributed by atoms with Gasteiger partial charge in [0.1, 0.15) is 5.82 Å². The molecule has 3 aromatic rings. The molecule has 1 aromatic heterocycles. The minimum atomic E-state index is -0.324. The van der Waals surface area contributed by atoms with Crippen LogP contribution in [0.25, 0.3) is 11.1 Å². The van der Waals surface area contributed by atoms with Gasteiger partial charge in [-0.25, -0.2) is 4.39 Å². The van der Waals surface area contributed by atoms with Crippen LogP contribution in [0.15, 0.2) is 73.1 Å². The van der Waals surface area contributed by atoms with Gasteiger partial charge in [-0.1, -0.05) is 30.3 Å². The number of carbonyl (C=O) groups is 1. The van der Waals surface area contributed by atoms with Crippen molar-refractivity contribution in [3.05, 3.63) is 84.4 Å². The molecule has 0 N–H and O–H groups in total. The molecule has 0 saturated heterocycles. The number of anilines is 1. The van der Waals surface area contributed by atoms with Crippen LogP contribution in [-0.2, 0) is 0 Å². The molecule has 0 unspecified atom stereocenters. The lowest BCUT2D eigenvalue weighted by Crippen LogP contribution is -2.30. The molecule has 0 aliphatic heterocycles. The van der Waals surface area contributed by atoms with E-state index in [0.717, 1.165) is 11.1 Å². The smallest absolute Gasteiger partial charge is 0.259 e. The zero-order valence-corrected chi connectivity index (χ0v) is 13.3. The molecule has 0 bridgehead atoms. The highest BCUT2D eigenvalue weighted by Gasteiger charge is 2.17. The maximum atomic E-state index is 13.1. The fourth-order valence-electron chi connectivity index (χ4n) is 2.57. The summed E-state index contributed by atoms with van der Waals surface area (Å²) in [6.45, 7) is 2.37. The van der Waals surface area contributed by atoms with Gasteiger partial charge in [0, 0.05) is 30.2 Å². The summed E-state index contributed by atoms with van der Waals surface area (Å²) in [5.41, 5.74) is 3.05. The van der Waals surface area contributed by atoms with Crippen LogP contribution in [0.4, 0.5) is 10.1 Å². The summed E-state index contributed by atoms with van der Waals surface area (Å²) in [5, 5.41) is 0. The first-order valence-electron chi connectivity index (χ1n) is 7.77. The van der Waals surface area contributed by atoms with Crippen LogP contribution >= 0.6 is 0 Å². The Kier molecular flexibility index (Phi) is 4.66. The number of aromatic nitrogens is 1. The standard InChI is InChI=1S/C20H17FN2O/c1-2-23(19-10-8-18(21)9-11-19)20(24)17-12-16(13-22-14-17)15-6-4-3-5-7-15/h3-14H,2H2,1H3. The second-order valence-electron chi connectivity index (χ2n) is 5.35. The van der Waals surface area contributed by atoms with Crippen molar-refractivity contribution in [1.29, 1.82) is 0 Å². The van der Waals surface area contributed by atoms with Crippen molar-refractivity contribution in [3.8, 4) is 11.1 Å². The molecule has 0 radical (unpaired) electrons. The zero-order chi connectivity index (χ0) is 16.9. The minimum Gasteiger partial charge on any atom is -0.309 e. The number of pyridine rings is 1. The zero-order valence-electron chi connectivity index (χ0n) is 13.3. The maximum absolute atomic E-state index is 13.1. The molecule has 1 heterocycles. The molecule has 3 rings (SSSR count). The van der Waals surface area contributed by atoms with E-state index in [1.54, 1.807) is 29.4 Å². The Morgan fingerprint density at radius 3 is 2.38 bits per heavy atom. The maximum Gasteiger partial charge on any atom is 0.259 e. The van der Waals surface area contributed by atoms with E-state index in [9.17, 15) is 9.18 Å². The summed E-state index contributed by atoms with van der Waals surface area (Å²) in [5.74, 6) is -0.482. The Bertz CT molecular complexity index is 832. The van der Waals surface area contributed by atoms with Crippen LogP contribution in [0.2, 0.25) is 0 Å². The summed E-state index contributed by atoms with van der Waals surface area (Å²) in [6, 6.07) is 17.5. The molecule has 4 heteroatoms. The molecule has 0 spiro atoms. The molecule has 0 saturated carbocycles. The Morgan fingerprint density at radius 1 is 1.00 bits per heavy atom. The van der Waals surface area contributed by atoms with Gasteiger partial charge in [-0.05, 0) is 42.8 Å². The van der Waals surface area contributed by atoms with Crippen molar-refractivity contribution >= 4 is 11.6 Å². The third-order valence-electron chi connectivity index (χ3n) is 3.79. The van der Waals surface area contributed by atoms with Gasteiger partial charge in [0.15, 0.2) is 0 Å². The van der Waals surface area contributed by atoms with E-state index < -0.39 is 0 Å². The molecule has 0 aliphatic carbocycles. The third kappa shape index (κ3) is 3.33. The molecular weight excluding hydrogens is 303 g/mol. The predicted molar refractivity (Wildman–Crippen MR) is 93.4 cm³/mol. The largest absolute Gasteiger partial charge is 0.309 e. The van der Waals surface area contributed by atoms with Crippen LogP contribution < -0.4 is 4.90 Å².